The molecule has 3 aromatic rings. The Morgan fingerprint density at radius 3 is 2.19 bits per heavy atom. The molecule has 140 valence electrons. The summed E-state index contributed by atoms with van der Waals surface area (Å²) in [6.45, 7) is -0.950. The quantitative estimate of drug-likeness (QED) is 0.418. The van der Waals surface area contributed by atoms with Gasteiger partial charge in [-0.3, -0.25) is 4.79 Å². The van der Waals surface area contributed by atoms with E-state index in [9.17, 15) is 26.7 Å². The van der Waals surface area contributed by atoms with Gasteiger partial charge in [-0.15, -0.1) is 0 Å². The molecule has 2 nitrogen and oxygen atoms in total. The predicted octanol–water partition coefficient (Wildman–Crippen LogP) is 5.52. The second-order valence-corrected chi connectivity index (χ2v) is 6.07. The molecule has 0 unspecified atom stereocenters. The molecule has 0 aliphatic carbocycles. The Morgan fingerprint density at radius 2 is 1.56 bits per heavy atom. The SMILES string of the molecule is O=c1ccc(-c2cc(F)cc(F)c2Cl)c(-c2ccc(F)cc2)n1CC(F)F. The van der Waals surface area contributed by atoms with Crippen LogP contribution in [0.2, 0.25) is 5.02 Å². The maximum atomic E-state index is 13.9. The smallest absolute Gasteiger partial charge is 0.256 e. The fraction of sp³-hybridized carbons (Fsp3) is 0.105. The fourth-order valence-corrected chi connectivity index (χ4v) is 3.00. The van der Waals surface area contributed by atoms with Crippen LogP contribution >= 0.6 is 11.6 Å². The summed E-state index contributed by atoms with van der Waals surface area (Å²) in [5.41, 5.74) is -0.631. The van der Waals surface area contributed by atoms with Crippen molar-refractivity contribution < 1.29 is 22.0 Å². The number of rotatable bonds is 4. The van der Waals surface area contributed by atoms with E-state index in [1.54, 1.807) is 0 Å². The number of halogens is 6. The molecule has 0 amide bonds. The molecule has 8 heteroatoms. The molecular formula is C19H11ClF5NO. The van der Waals surface area contributed by atoms with Gasteiger partial charge in [0.2, 0.25) is 0 Å². The van der Waals surface area contributed by atoms with Crippen molar-refractivity contribution in [2.24, 2.45) is 0 Å². The van der Waals surface area contributed by atoms with E-state index in [4.69, 9.17) is 11.6 Å². The number of nitrogens with zero attached hydrogens (tertiary/aromatic N) is 1. The molecular weight excluding hydrogens is 389 g/mol. The van der Waals surface area contributed by atoms with Gasteiger partial charge in [-0.25, -0.2) is 22.0 Å². The van der Waals surface area contributed by atoms with E-state index in [1.807, 2.05) is 0 Å². The first-order valence-electron chi connectivity index (χ1n) is 7.70. The Kier molecular flexibility index (Phi) is 5.32. The molecule has 0 atom stereocenters. The topological polar surface area (TPSA) is 22.0 Å². The van der Waals surface area contributed by atoms with Crippen molar-refractivity contribution in [2.75, 3.05) is 0 Å². The average molecular weight is 400 g/mol. The molecule has 0 aliphatic rings. The summed E-state index contributed by atoms with van der Waals surface area (Å²) in [5, 5.41) is -0.429. The maximum absolute atomic E-state index is 13.9. The molecule has 0 saturated heterocycles. The zero-order chi connectivity index (χ0) is 19.7. The van der Waals surface area contributed by atoms with E-state index in [2.05, 4.69) is 0 Å². The normalized spacial score (nSPS) is 11.2. The van der Waals surface area contributed by atoms with Crippen molar-refractivity contribution in [3.05, 3.63) is 81.4 Å². The summed E-state index contributed by atoms with van der Waals surface area (Å²) in [7, 11) is 0. The number of alkyl halides is 2. The number of hydrogen-bond acceptors (Lipinski definition) is 1. The van der Waals surface area contributed by atoms with Crippen molar-refractivity contribution in [1.29, 1.82) is 0 Å². The summed E-state index contributed by atoms with van der Waals surface area (Å²) in [5.74, 6) is -2.54. The van der Waals surface area contributed by atoms with Gasteiger partial charge < -0.3 is 4.57 Å². The minimum absolute atomic E-state index is 0.0466. The van der Waals surface area contributed by atoms with Crippen molar-refractivity contribution >= 4 is 11.6 Å². The predicted molar refractivity (Wildman–Crippen MR) is 92.5 cm³/mol. The molecule has 0 spiro atoms. The van der Waals surface area contributed by atoms with E-state index in [0.29, 0.717) is 6.07 Å². The van der Waals surface area contributed by atoms with Gasteiger partial charge in [0.25, 0.3) is 12.0 Å². The van der Waals surface area contributed by atoms with Crippen LogP contribution in [0, 0.1) is 17.5 Å². The van der Waals surface area contributed by atoms with Gasteiger partial charge in [0, 0.05) is 23.3 Å². The van der Waals surface area contributed by atoms with E-state index >= 15 is 0 Å². The van der Waals surface area contributed by atoms with Gasteiger partial charge >= 0.3 is 0 Å². The zero-order valence-electron chi connectivity index (χ0n) is 13.5. The Morgan fingerprint density at radius 1 is 0.889 bits per heavy atom. The fourth-order valence-electron chi connectivity index (χ4n) is 2.79. The Bertz CT molecular complexity index is 1050. The summed E-state index contributed by atoms with van der Waals surface area (Å²) < 4.78 is 67.7. The number of pyridine rings is 1. The van der Waals surface area contributed by atoms with E-state index in [1.165, 1.54) is 18.2 Å². The number of benzene rings is 2. The lowest BCUT2D eigenvalue weighted by atomic mass is 9.98. The van der Waals surface area contributed by atoms with Crippen molar-refractivity contribution in [3.8, 4) is 22.4 Å². The molecule has 27 heavy (non-hydrogen) atoms. The highest BCUT2D eigenvalue weighted by atomic mass is 35.5. The minimum atomic E-state index is -2.86. The van der Waals surface area contributed by atoms with Crippen LogP contribution in [0.1, 0.15) is 0 Å². The zero-order valence-corrected chi connectivity index (χ0v) is 14.3. The largest absolute Gasteiger partial charge is 0.302 e. The lowest BCUT2D eigenvalue weighted by Crippen LogP contribution is -2.24. The van der Waals surface area contributed by atoms with Gasteiger partial charge in [-0.1, -0.05) is 11.6 Å². The summed E-state index contributed by atoms with van der Waals surface area (Å²) in [6.07, 6.45) is -2.86. The highest BCUT2D eigenvalue weighted by molar-refractivity contribution is 6.33. The summed E-state index contributed by atoms with van der Waals surface area (Å²) in [6, 6.07) is 8.48. The molecule has 0 fully saturated rings. The molecule has 2 aromatic carbocycles. The van der Waals surface area contributed by atoms with Gasteiger partial charge in [0.1, 0.15) is 17.5 Å². The van der Waals surface area contributed by atoms with Crippen molar-refractivity contribution in [1.82, 2.24) is 4.57 Å². The molecule has 0 N–H and O–H groups in total. The molecule has 0 saturated carbocycles. The second-order valence-electron chi connectivity index (χ2n) is 5.69. The number of hydrogen-bond donors (Lipinski definition) is 0. The Balaban J connectivity index is 2.38. The molecule has 0 radical (unpaired) electrons. The third-order valence-electron chi connectivity index (χ3n) is 3.91. The average Bonchev–Trinajstić information content (AvgIpc) is 2.60. The third-order valence-corrected chi connectivity index (χ3v) is 4.29. The van der Waals surface area contributed by atoms with E-state index in [0.717, 1.165) is 28.8 Å². The van der Waals surface area contributed by atoms with Gasteiger partial charge in [-0.2, -0.15) is 0 Å². The maximum Gasteiger partial charge on any atom is 0.256 e. The second kappa shape index (κ2) is 7.52. The number of aromatic nitrogens is 1. The van der Waals surface area contributed by atoms with Crippen LogP contribution in [0.25, 0.3) is 22.4 Å². The summed E-state index contributed by atoms with van der Waals surface area (Å²) in [4.78, 5) is 12.2. The monoisotopic (exact) mass is 399 g/mol. The Labute approximate surface area is 155 Å². The summed E-state index contributed by atoms with van der Waals surface area (Å²) >= 11 is 5.95. The van der Waals surface area contributed by atoms with E-state index < -0.39 is 41.0 Å². The van der Waals surface area contributed by atoms with Crippen molar-refractivity contribution in [3.63, 3.8) is 0 Å². The molecule has 1 heterocycles. The van der Waals surface area contributed by atoms with E-state index in [-0.39, 0.29) is 22.4 Å². The van der Waals surface area contributed by atoms with Gasteiger partial charge in [0.15, 0.2) is 0 Å². The van der Waals surface area contributed by atoms with Crippen molar-refractivity contribution in [2.45, 2.75) is 13.0 Å². The molecule has 1 aromatic heterocycles. The van der Waals surface area contributed by atoms with Crippen LogP contribution in [0.15, 0.2) is 53.3 Å². The third kappa shape index (κ3) is 3.88. The lowest BCUT2D eigenvalue weighted by Gasteiger charge is -2.18. The first-order chi connectivity index (χ1) is 12.8. The molecule has 0 aliphatic heterocycles. The van der Waals surface area contributed by atoms with Crippen LogP contribution < -0.4 is 5.56 Å². The van der Waals surface area contributed by atoms with Gasteiger partial charge in [0.05, 0.1) is 17.3 Å². The first-order valence-corrected chi connectivity index (χ1v) is 8.08. The van der Waals surface area contributed by atoms with Crippen LogP contribution in [0.3, 0.4) is 0 Å². The highest BCUT2D eigenvalue weighted by Gasteiger charge is 2.20. The molecule has 3 rings (SSSR count). The van der Waals surface area contributed by atoms with Crippen LogP contribution in [0.5, 0.6) is 0 Å². The highest BCUT2D eigenvalue weighted by Crippen LogP contribution is 2.37. The lowest BCUT2D eigenvalue weighted by molar-refractivity contribution is 0.126. The van der Waals surface area contributed by atoms with Crippen LogP contribution in [0.4, 0.5) is 22.0 Å². The van der Waals surface area contributed by atoms with Crippen LogP contribution in [-0.2, 0) is 6.54 Å². The Hall–Kier alpha value is -2.67. The molecule has 0 bridgehead atoms. The minimum Gasteiger partial charge on any atom is -0.302 e. The van der Waals surface area contributed by atoms with Crippen LogP contribution in [-0.4, -0.2) is 11.0 Å². The van der Waals surface area contributed by atoms with Gasteiger partial charge in [-0.05, 0) is 42.0 Å². The standard InChI is InChI=1S/C19H11ClF5NO/c20-18-14(7-12(22)8-15(18)23)13-5-6-17(27)26(9-16(24)25)19(13)10-1-3-11(21)4-2-10/h1-8,16H,9H2. The first kappa shape index (κ1) is 19.1.